The van der Waals surface area contributed by atoms with Crippen molar-refractivity contribution in [3.05, 3.63) is 35.9 Å². The molecule has 1 heterocycles. The highest BCUT2D eigenvalue weighted by molar-refractivity contribution is 5.96. The molecule has 1 aromatic rings. The third-order valence-corrected chi connectivity index (χ3v) is 2.61. The fraction of sp³-hybridized carbons (Fsp3) is 0.308. The molecule has 1 N–H and O–H groups in total. The van der Waals surface area contributed by atoms with Gasteiger partial charge in [0.2, 0.25) is 0 Å². The molecule has 16 heavy (non-hydrogen) atoms. The largest absolute Gasteiger partial charge is 0.508 e. The summed E-state index contributed by atoms with van der Waals surface area (Å²) >= 11 is 0. The van der Waals surface area contributed by atoms with Gasteiger partial charge in [0.25, 0.3) is 0 Å². The quantitative estimate of drug-likeness (QED) is 0.822. The van der Waals surface area contributed by atoms with E-state index in [4.69, 9.17) is 0 Å². The predicted octanol–water partition coefficient (Wildman–Crippen LogP) is 2.14. The lowest BCUT2D eigenvalue weighted by Crippen LogP contribution is -2.30. The number of hydrogen-bond acceptors (Lipinski definition) is 3. The lowest BCUT2D eigenvalue weighted by atomic mass is 10.2. The van der Waals surface area contributed by atoms with Gasteiger partial charge in [0.1, 0.15) is 11.6 Å². The Kier molecular flexibility index (Phi) is 3.25. The Balaban J connectivity index is 2.11. The van der Waals surface area contributed by atoms with E-state index in [1.165, 1.54) is 0 Å². The van der Waals surface area contributed by atoms with Crippen molar-refractivity contribution >= 4 is 11.9 Å². The molecule has 0 aliphatic carbocycles. The smallest absolute Gasteiger partial charge is 0.123 e. The zero-order chi connectivity index (χ0) is 11.4. The molecule has 84 valence electrons. The molecule has 0 radical (unpaired) electrons. The molecule has 1 aliphatic heterocycles. The number of nitrogens with zero attached hydrogens (tertiary/aromatic N) is 2. The summed E-state index contributed by atoms with van der Waals surface area (Å²) in [4.78, 5) is 6.58. The monoisotopic (exact) mass is 216 g/mol. The first-order chi connectivity index (χ1) is 7.75. The van der Waals surface area contributed by atoms with Crippen molar-refractivity contribution in [2.75, 3.05) is 20.1 Å². The van der Waals surface area contributed by atoms with E-state index in [9.17, 15) is 5.11 Å². The normalized spacial score (nSPS) is 16.6. The maximum absolute atomic E-state index is 9.33. The van der Waals surface area contributed by atoms with Crippen LogP contribution >= 0.6 is 0 Å². The number of aromatic hydroxyl groups is 1. The van der Waals surface area contributed by atoms with Crippen LogP contribution in [0, 0.1) is 0 Å². The second-order valence-electron chi connectivity index (χ2n) is 3.94. The van der Waals surface area contributed by atoms with E-state index < -0.39 is 0 Å². The van der Waals surface area contributed by atoms with Crippen molar-refractivity contribution in [2.24, 2.45) is 4.99 Å². The van der Waals surface area contributed by atoms with Crippen molar-refractivity contribution < 1.29 is 5.11 Å². The van der Waals surface area contributed by atoms with Gasteiger partial charge in [-0.05, 0) is 30.2 Å². The molecule has 1 aliphatic rings. The second-order valence-corrected chi connectivity index (χ2v) is 3.94. The van der Waals surface area contributed by atoms with E-state index in [1.54, 1.807) is 12.1 Å². The minimum absolute atomic E-state index is 0.293. The van der Waals surface area contributed by atoms with Gasteiger partial charge in [-0.2, -0.15) is 0 Å². The Bertz CT molecular complexity index is 424. The zero-order valence-corrected chi connectivity index (χ0v) is 9.43. The Hall–Kier alpha value is -1.77. The molecule has 0 spiro atoms. The van der Waals surface area contributed by atoms with Crippen LogP contribution in [-0.2, 0) is 0 Å². The third-order valence-electron chi connectivity index (χ3n) is 2.61. The summed E-state index contributed by atoms with van der Waals surface area (Å²) in [6, 6.07) is 7.20. The molecule has 0 atom stereocenters. The predicted molar refractivity (Wildman–Crippen MR) is 66.7 cm³/mol. The van der Waals surface area contributed by atoms with Crippen LogP contribution in [0.1, 0.15) is 12.0 Å². The number of aliphatic imine (C=N–C) groups is 1. The first-order valence-corrected chi connectivity index (χ1v) is 5.48. The molecular weight excluding hydrogens is 200 g/mol. The summed E-state index contributed by atoms with van der Waals surface area (Å²) in [6.45, 7) is 1.97. The summed E-state index contributed by atoms with van der Waals surface area (Å²) < 4.78 is 0. The SMILES string of the molecule is CN1CCCN=C1C=Cc1cccc(O)c1. The van der Waals surface area contributed by atoms with Gasteiger partial charge < -0.3 is 10.0 Å². The van der Waals surface area contributed by atoms with Crippen LogP contribution in [0.4, 0.5) is 0 Å². The van der Waals surface area contributed by atoms with Crippen LogP contribution in [0.3, 0.4) is 0 Å². The van der Waals surface area contributed by atoms with Gasteiger partial charge in [-0.25, -0.2) is 0 Å². The molecule has 0 fully saturated rings. The average Bonchev–Trinajstić information content (AvgIpc) is 2.28. The number of amidine groups is 1. The van der Waals surface area contributed by atoms with Gasteiger partial charge in [-0.15, -0.1) is 0 Å². The van der Waals surface area contributed by atoms with E-state index in [0.717, 1.165) is 30.9 Å². The number of phenolic OH excluding ortho intramolecular Hbond substituents is 1. The molecular formula is C13H16N2O. The van der Waals surface area contributed by atoms with E-state index in [0.29, 0.717) is 5.75 Å². The van der Waals surface area contributed by atoms with Crippen molar-refractivity contribution in [1.29, 1.82) is 0 Å². The fourth-order valence-electron chi connectivity index (χ4n) is 1.72. The molecule has 0 saturated heterocycles. The Morgan fingerprint density at radius 2 is 2.25 bits per heavy atom. The van der Waals surface area contributed by atoms with E-state index in [-0.39, 0.29) is 0 Å². The topological polar surface area (TPSA) is 35.8 Å². The standard InChI is InChI=1S/C13H16N2O/c1-15-9-3-8-14-13(15)7-6-11-4-2-5-12(16)10-11/h2,4-7,10,16H,3,8-9H2,1H3. The molecule has 0 saturated carbocycles. The van der Waals surface area contributed by atoms with Crippen molar-refractivity contribution in [3.8, 4) is 5.75 Å². The molecule has 0 aromatic heterocycles. The average molecular weight is 216 g/mol. The molecule has 0 amide bonds. The molecule has 3 heteroatoms. The van der Waals surface area contributed by atoms with E-state index >= 15 is 0 Å². The van der Waals surface area contributed by atoms with Crippen LogP contribution in [0.25, 0.3) is 6.08 Å². The maximum Gasteiger partial charge on any atom is 0.123 e. The maximum atomic E-state index is 9.33. The van der Waals surface area contributed by atoms with Crippen molar-refractivity contribution in [2.45, 2.75) is 6.42 Å². The minimum atomic E-state index is 0.293. The van der Waals surface area contributed by atoms with Crippen LogP contribution < -0.4 is 0 Å². The van der Waals surface area contributed by atoms with Gasteiger partial charge in [0.15, 0.2) is 0 Å². The fourth-order valence-corrected chi connectivity index (χ4v) is 1.72. The summed E-state index contributed by atoms with van der Waals surface area (Å²) in [5, 5.41) is 9.33. The number of hydrogen-bond donors (Lipinski definition) is 1. The Labute approximate surface area is 95.7 Å². The van der Waals surface area contributed by atoms with Crippen LogP contribution in [-0.4, -0.2) is 36.0 Å². The van der Waals surface area contributed by atoms with Crippen molar-refractivity contribution in [3.63, 3.8) is 0 Å². The van der Waals surface area contributed by atoms with Crippen LogP contribution in [0.15, 0.2) is 35.3 Å². The summed E-state index contributed by atoms with van der Waals surface area (Å²) in [6.07, 6.45) is 5.09. The lowest BCUT2D eigenvalue weighted by Gasteiger charge is -2.22. The van der Waals surface area contributed by atoms with Gasteiger partial charge in [-0.1, -0.05) is 18.2 Å². The van der Waals surface area contributed by atoms with Crippen molar-refractivity contribution in [1.82, 2.24) is 4.90 Å². The lowest BCUT2D eigenvalue weighted by molar-refractivity contribution is 0.470. The first-order valence-electron chi connectivity index (χ1n) is 5.48. The number of phenols is 1. The highest BCUT2D eigenvalue weighted by atomic mass is 16.3. The molecule has 0 bridgehead atoms. The second kappa shape index (κ2) is 4.84. The molecule has 3 nitrogen and oxygen atoms in total. The molecule has 0 unspecified atom stereocenters. The van der Waals surface area contributed by atoms with Gasteiger partial charge >= 0.3 is 0 Å². The van der Waals surface area contributed by atoms with Crippen LogP contribution in [0.5, 0.6) is 5.75 Å². The molecule has 2 rings (SSSR count). The Morgan fingerprint density at radius 3 is 3.00 bits per heavy atom. The number of rotatable bonds is 2. The van der Waals surface area contributed by atoms with E-state index in [2.05, 4.69) is 9.89 Å². The number of likely N-dealkylation sites (N-methyl/N-ethyl adjacent to an activating group) is 1. The van der Waals surface area contributed by atoms with Gasteiger partial charge in [0, 0.05) is 20.1 Å². The summed E-state index contributed by atoms with van der Waals surface area (Å²) in [7, 11) is 2.05. The van der Waals surface area contributed by atoms with Gasteiger partial charge in [0.05, 0.1) is 0 Å². The van der Waals surface area contributed by atoms with Gasteiger partial charge in [-0.3, -0.25) is 4.99 Å². The first kappa shape index (κ1) is 10.7. The number of benzene rings is 1. The highest BCUT2D eigenvalue weighted by Crippen LogP contribution is 2.12. The Morgan fingerprint density at radius 1 is 1.38 bits per heavy atom. The summed E-state index contributed by atoms with van der Waals surface area (Å²) in [5.74, 6) is 1.30. The highest BCUT2D eigenvalue weighted by Gasteiger charge is 2.06. The summed E-state index contributed by atoms with van der Waals surface area (Å²) in [5.41, 5.74) is 0.988. The zero-order valence-electron chi connectivity index (χ0n) is 9.43. The minimum Gasteiger partial charge on any atom is -0.508 e. The van der Waals surface area contributed by atoms with Crippen LogP contribution in [0.2, 0.25) is 0 Å². The molecule has 1 aromatic carbocycles. The van der Waals surface area contributed by atoms with E-state index in [1.807, 2.05) is 31.3 Å². The third kappa shape index (κ3) is 2.63.